The number of hydrogen-bond donors (Lipinski definition) is 1. The lowest BCUT2D eigenvalue weighted by molar-refractivity contribution is 0.212. The molecule has 2 rings (SSSR count). The summed E-state index contributed by atoms with van der Waals surface area (Å²) in [5.74, 6) is -1.54. The Hall–Kier alpha value is -1.46. The van der Waals surface area contributed by atoms with Gasteiger partial charge in [-0.1, -0.05) is 0 Å². The molecule has 102 valence electrons. The van der Waals surface area contributed by atoms with Crippen LogP contribution in [0, 0.1) is 25.5 Å². The number of aliphatic hydroxyl groups excluding tert-OH is 1. The van der Waals surface area contributed by atoms with E-state index in [1.807, 2.05) is 13.8 Å². The maximum Gasteiger partial charge on any atom is 0.136 e. The Morgan fingerprint density at radius 1 is 1.16 bits per heavy atom. The zero-order valence-electron chi connectivity index (χ0n) is 10.8. The van der Waals surface area contributed by atoms with Crippen LogP contribution in [0.5, 0.6) is 5.75 Å². The standard InChI is InChI=1S/C14H14F2O2S/c1-7-4-12(19-8(7)2)14(17)13-10(15)5-9(18-3)6-11(13)16/h4-6,14,17H,1-3H3. The van der Waals surface area contributed by atoms with E-state index in [0.29, 0.717) is 4.88 Å². The van der Waals surface area contributed by atoms with E-state index in [-0.39, 0.29) is 11.3 Å². The van der Waals surface area contributed by atoms with Crippen molar-refractivity contribution in [3.05, 3.63) is 50.7 Å². The maximum absolute atomic E-state index is 13.9. The molecular weight excluding hydrogens is 270 g/mol. The van der Waals surface area contributed by atoms with Gasteiger partial charge in [0.25, 0.3) is 0 Å². The molecule has 1 aromatic heterocycles. The Morgan fingerprint density at radius 2 is 1.74 bits per heavy atom. The van der Waals surface area contributed by atoms with Crippen molar-refractivity contribution in [1.29, 1.82) is 0 Å². The minimum absolute atomic E-state index is 0.0875. The molecule has 0 spiro atoms. The van der Waals surface area contributed by atoms with Crippen molar-refractivity contribution >= 4 is 11.3 Å². The third-order valence-electron chi connectivity index (χ3n) is 3.02. The van der Waals surface area contributed by atoms with E-state index in [1.54, 1.807) is 6.07 Å². The number of rotatable bonds is 3. The Morgan fingerprint density at radius 3 is 2.16 bits per heavy atom. The molecule has 1 unspecified atom stereocenters. The highest BCUT2D eigenvalue weighted by atomic mass is 32.1. The molecule has 0 amide bonds. The molecule has 19 heavy (non-hydrogen) atoms. The second kappa shape index (κ2) is 5.27. The minimum atomic E-state index is -1.30. The number of methoxy groups -OCH3 is 1. The van der Waals surface area contributed by atoms with E-state index in [2.05, 4.69) is 0 Å². The molecule has 0 fully saturated rings. The summed E-state index contributed by atoms with van der Waals surface area (Å²) >= 11 is 1.33. The first-order chi connectivity index (χ1) is 8.93. The normalized spacial score (nSPS) is 12.5. The third-order valence-corrected chi connectivity index (χ3v) is 4.22. The molecule has 0 saturated heterocycles. The van der Waals surface area contributed by atoms with Gasteiger partial charge < -0.3 is 9.84 Å². The first kappa shape index (κ1) is 14.0. The molecule has 0 bridgehead atoms. The molecule has 2 aromatic rings. The van der Waals surface area contributed by atoms with Crippen LogP contribution in [-0.4, -0.2) is 12.2 Å². The molecule has 1 aromatic carbocycles. The molecule has 1 N–H and O–H groups in total. The average molecular weight is 284 g/mol. The lowest BCUT2D eigenvalue weighted by Crippen LogP contribution is -2.05. The summed E-state index contributed by atoms with van der Waals surface area (Å²) in [7, 11) is 1.33. The molecule has 0 saturated carbocycles. The topological polar surface area (TPSA) is 29.5 Å². The monoisotopic (exact) mass is 284 g/mol. The van der Waals surface area contributed by atoms with Gasteiger partial charge in [0.2, 0.25) is 0 Å². The third kappa shape index (κ3) is 2.62. The van der Waals surface area contributed by atoms with Crippen LogP contribution < -0.4 is 4.74 Å². The fourth-order valence-electron chi connectivity index (χ4n) is 1.82. The van der Waals surface area contributed by atoms with Crippen molar-refractivity contribution in [2.75, 3.05) is 7.11 Å². The zero-order valence-corrected chi connectivity index (χ0v) is 11.6. The van der Waals surface area contributed by atoms with Gasteiger partial charge in [0, 0.05) is 21.9 Å². The second-order valence-corrected chi connectivity index (χ2v) is 5.58. The average Bonchev–Trinajstić information content (AvgIpc) is 2.68. The highest BCUT2D eigenvalue weighted by molar-refractivity contribution is 7.12. The Balaban J connectivity index is 2.46. The lowest BCUT2D eigenvalue weighted by atomic mass is 10.1. The summed E-state index contributed by atoms with van der Waals surface area (Å²) in [4.78, 5) is 1.54. The summed E-state index contributed by atoms with van der Waals surface area (Å²) < 4.78 is 32.5. The van der Waals surface area contributed by atoms with Crippen LogP contribution in [0.1, 0.15) is 27.0 Å². The summed E-state index contributed by atoms with van der Waals surface area (Å²) in [6.07, 6.45) is -1.30. The molecule has 0 radical (unpaired) electrons. The Bertz CT molecular complexity index is 565. The van der Waals surface area contributed by atoms with Gasteiger partial charge in [-0.25, -0.2) is 8.78 Å². The summed E-state index contributed by atoms with van der Waals surface area (Å²) in [5, 5.41) is 10.1. The fourth-order valence-corrected chi connectivity index (χ4v) is 2.86. The van der Waals surface area contributed by atoms with Crippen LogP contribution in [0.15, 0.2) is 18.2 Å². The molecule has 2 nitrogen and oxygen atoms in total. The van der Waals surface area contributed by atoms with Crippen LogP contribution in [0.3, 0.4) is 0 Å². The lowest BCUT2D eigenvalue weighted by Gasteiger charge is -2.12. The van der Waals surface area contributed by atoms with Gasteiger partial charge in [0.05, 0.1) is 12.7 Å². The van der Waals surface area contributed by atoms with Crippen LogP contribution >= 0.6 is 11.3 Å². The van der Waals surface area contributed by atoms with Gasteiger partial charge in [-0.3, -0.25) is 0 Å². The van der Waals surface area contributed by atoms with Gasteiger partial charge in [0.1, 0.15) is 23.5 Å². The van der Waals surface area contributed by atoms with Gasteiger partial charge >= 0.3 is 0 Å². The number of aryl methyl sites for hydroxylation is 2. The number of benzene rings is 1. The second-order valence-electron chi connectivity index (χ2n) is 4.30. The quantitative estimate of drug-likeness (QED) is 0.930. The van der Waals surface area contributed by atoms with Gasteiger partial charge in [-0.15, -0.1) is 11.3 Å². The van der Waals surface area contributed by atoms with Crippen molar-refractivity contribution in [2.24, 2.45) is 0 Å². The predicted molar refractivity (Wildman–Crippen MR) is 70.8 cm³/mol. The number of hydrogen-bond acceptors (Lipinski definition) is 3. The van der Waals surface area contributed by atoms with Gasteiger partial charge in [-0.2, -0.15) is 0 Å². The van der Waals surface area contributed by atoms with Crippen LogP contribution in [0.4, 0.5) is 8.78 Å². The molecule has 0 aliphatic rings. The number of ether oxygens (including phenoxy) is 1. The smallest absolute Gasteiger partial charge is 0.136 e. The predicted octanol–water partition coefficient (Wildman–Crippen LogP) is 3.73. The minimum Gasteiger partial charge on any atom is -0.497 e. The van der Waals surface area contributed by atoms with Crippen LogP contribution in [0.2, 0.25) is 0 Å². The maximum atomic E-state index is 13.9. The highest BCUT2D eigenvalue weighted by Crippen LogP contribution is 2.34. The number of halogens is 2. The van der Waals surface area contributed by atoms with Crippen molar-refractivity contribution < 1.29 is 18.6 Å². The summed E-state index contributed by atoms with van der Waals surface area (Å²) in [6.45, 7) is 3.79. The first-order valence-electron chi connectivity index (χ1n) is 5.72. The van der Waals surface area contributed by atoms with E-state index in [0.717, 1.165) is 22.6 Å². The number of aliphatic hydroxyl groups is 1. The van der Waals surface area contributed by atoms with Crippen molar-refractivity contribution in [3.63, 3.8) is 0 Å². The van der Waals surface area contributed by atoms with Crippen molar-refractivity contribution in [3.8, 4) is 5.75 Å². The van der Waals surface area contributed by atoms with Crippen molar-refractivity contribution in [2.45, 2.75) is 20.0 Å². The summed E-state index contributed by atoms with van der Waals surface area (Å²) in [5.41, 5.74) is 0.649. The number of thiophene rings is 1. The van der Waals surface area contributed by atoms with Crippen LogP contribution in [0.25, 0.3) is 0 Å². The van der Waals surface area contributed by atoms with E-state index >= 15 is 0 Å². The van der Waals surface area contributed by atoms with E-state index in [4.69, 9.17) is 4.74 Å². The molecule has 0 aliphatic heterocycles. The first-order valence-corrected chi connectivity index (χ1v) is 6.53. The van der Waals surface area contributed by atoms with E-state index < -0.39 is 17.7 Å². The van der Waals surface area contributed by atoms with E-state index in [9.17, 15) is 13.9 Å². The Kier molecular flexibility index (Phi) is 3.87. The van der Waals surface area contributed by atoms with Gasteiger partial charge in [-0.05, 0) is 25.5 Å². The van der Waals surface area contributed by atoms with E-state index in [1.165, 1.54) is 18.4 Å². The van der Waals surface area contributed by atoms with Crippen LogP contribution in [-0.2, 0) is 0 Å². The SMILES string of the molecule is COc1cc(F)c(C(O)c2cc(C)c(C)s2)c(F)c1. The Labute approximate surface area is 114 Å². The molecule has 5 heteroatoms. The molecule has 1 heterocycles. The molecular formula is C14H14F2O2S. The summed E-state index contributed by atoms with van der Waals surface area (Å²) in [6, 6.07) is 3.87. The largest absolute Gasteiger partial charge is 0.497 e. The van der Waals surface area contributed by atoms with Gasteiger partial charge in [0.15, 0.2) is 0 Å². The molecule has 0 aliphatic carbocycles. The van der Waals surface area contributed by atoms with Crippen molar-refractivity contribution in [1.82, 2.24) is 0 Å². The fraction of sp³-hybridized carbons (Fsp3) is 0.286. The highest BCUT2D eigenvalue weighted by Gasteiger charge is 2.22. The zero-order chi connectivity index (χ0) is 14.2. The molecule has 1 atom stereocenters.